The Morgan fingerprint density at radius 1 is 1.57 bits per heavy atom. The van der Waals surface area contributed by atoms with Gasteiger partial charge in [0.15, 0.2) is 0 Å². The lowest BCUT2D eigenvalue weighted by Gasteiger charge is -2.25. The van der Waals surface area contributed by atoms with Crippen molar-refractivity contribution >= 4 is 6.09 Å². The maximum absolute atomic E-state index is 12.0. The first-order valence-corrected chi connectivity index (χ1v) is 7.40. The average molecular weight is 293 g/mol. The molecule has 1 N–H and O–H groups in total. The quantitative estimate of drug-likeness (QED) is 0.807. The summed E-state index contributed by atoms with van der Waals surface area (Å²) < 4.78 is 7.40. The van der Waals surface area contributed by atoms with Gasteiger partial charge in [-0.25, -0.2) is 9.78 Å². The Morgan fingerprint density at radius 2 is 2.24 bits per heavy atom. The number of hydrogen-bond donors (Lipinski definition) is 1. The van der Waals surface area contributed by atoms with Gasteiger partial charge in [-0.05, 0) is 40.5 Å². The number of nitrogens with one attached hydrogen (secondary N) is 1. The summed E-state index contributed by atoms with van der Waals surface area (Å²) in [7, 11) is 0. The summed E-state index contributed by atoms with van der Waals surface area (Å²) in [4.78, 5) is 16.2. The summed E-state index contributed by atoms with van der Waals surface area (Å²) in [5.41, 5.74) is 0.483. The molecular formula is C16H27N3O2. The summed E-state index contributed by atoms with van der Waals surface area (Å²) in [6.45, 7) is 13.5. The number of nitrogens with zero attached hydrogens (tertiary/aromatic N) is 2. The second kappa shape index (κ2) is 7.29. The van der Waals surface area contributed by atoms with Gasteiger partial charge in [0.2, 0.25) is 0 Å². The summed E-state index contributed by atoms with van der Waals surface area (Å²) in [5, 5.41) is 2.92. The maximum atomic E-state index is 12.0. The summed E-state index contributed by atoms with van der Waals surface area (Å²) in [6.07, 6.45) is 6.70. The Balaban J connectivity index is 2.84. The molecule has 0 bridgehead atoms. The first-order chi connectivity index (χ1) is 9.78. The number of rotatable bonds is 6. The number of aromatic nitrogens is 2. The highest BCUT2D eigenvalue weighted by molar-refractivity contribution is 5.68. The second-order valence-corrected chi connectivity index (χ2v) is 6.21. The highest BCUT2D eigenvalue weighted by atomic mass is 16.6. The Hall–Kier alpha value is -1.78. The molecule has 0 radical (unpaired) electrons. The molecule has 1 aromatic heterocycles. The monoisotopic (exact) mass is 293 g/mol. The van der Waals surface area contributed by atoms with Crippen LogP contribution in [0.2, 0.25) is 0 Å². The number of amides is 1. The van der Waals surface area contributed by atoms with Crippen LogP contribution >= 0.6 is 0 Å². The molecule has 2 atom stereocenters. The number of allylic oxidation sites excluding steroid dienone is 1. The topological polar surface area (TPSA) is 56.2 Å². The van der Waals surface area contributed by atoms with Crippen LogP contribution in [0.4, 0.5) is 4.79 Å². The lowest BCUT2D eigenvalue weighted by Crippen LogP contribution is -2.35. The van der Waals surface area contributed by atoms with Crippen molar-refractivity contribution in [3.8, 4) is 0 Å². The van der Waals surface area contributed by atoms with Gasteiger partial charge in [0.1, 0.15) is 5.60 Å². The van der Waals surface area contributed by atoms with Crippen LogP contribution < -0.4 is 5.32 Å². The summed E-state index contributed by atoms with van der Waals surface area (Å²) >= 11 is 0. The van der Waals surface area contributed by atoms with Gasteiger partial charge in [0.25, 0.3) is 0 Å². The minimum Gasteiger partial charge on any atom is -0.444 e. The van der Waals surface area contributed by atoms with Crippen molar-refractivity contribution in [2.45, 2.75) is 65.1 Å². The molecule has 0 aromatic carbocycles. The zero-order valence-electron chi connectivity index (χ0n) is 13.7. The molecule has 1 aromatic rings. The van der Waals surface area contributed by atoms with Crippen molar-refractivity contribution in [3.63, 3.8) is 0 Å². The summed E-state index contributed by atoms with van der Waals surface area (Å²) in [6, 6.07) is 0.143. The van der Waals surface area contributed by atoms with Gasteiger partial charge in [-0.2, -0.15) is 0 Å². The van der Waals surface area contributed by atoms with E-state index in [1.54, 1.807) is 12.5 Å². The Kier molecular flexibility index (Phi) is 6.00. The predicted molar refractivity (Wildman–Crippen MR) is 84.2 cm³/mol. The Bertz CT molecular complexity index is 474. The van der Waals surface area contributed by atoms with Gasteiger partial charge in [-0.3, -0.25) is 0 Å². The molecule has 0 aliphatic rings. The molecule has 0 fully saturated rings. The van der Waals surface area contributed by atoms with Gasteiger partial charge >= 0.3 is 6.09 Å². The lowest BCUT2D eigenvalue weighted by molar-refractivity contribution is 0.0499. The van der Waals surface area contributed by atoms with E-state index < -0.39 is 11.7 Å². The minimum absolute atomic E-state index is 0.116. The number of hydrogen-bond acceptors (Lipinski definition) is 3. The number of carbonyl (C=O) groups is 1. The average Bonchev–Trinajstić information content (AvgIpc) is 2.83. The number of carbonyl (C=O) groups excluding carboxylic acids is 1. The fourth-order valence-electron chi connectivity index (χ4n) is 2.14. The van der Waals surface area contributed by atoms with E-state index in [-0.39, 0.29) is 12.1 Å². The van der Waals surface area contributed by atoms with E-state index >= 15 is 0 Å². The fraction of sp³-hybridized carbons (Fsp3) is 0.625. The lowest BCUT2D eigenvalue weighted by atomic mass is 10.1. The standard InChI is InChI=1S/C16H27N3O2/c1-7-9-12(3)19-11-17-10-14(19)13(8-2)18-15(20)21-16(4,5)6/h7,10-13H,1,8-9H2,2-6H3,(H,18,20)/t12?,13-/m1/s1. The molecule has 118 valence electrons. The van der Waals surface area contributed by atoms with Crippen molar-refractivity contribution in [3.05, 3.63) is 30.9 Å². The molecule has 5 nitrogen and oxygen atoms in total. The van der Waals surface area contributed by atoms with Crippen LogP contribution in [-0.4, -0.2) is 21.2 Å². The summed E-state index contributed by atoms with van der Waals surface area (Å²) in [5.74, 6) is 0. The first-order valence-electron chi connectivity index (χ1n) is 7.40. The van der Waals surface area contributed by atoms with E-state index in [0.717, 1.165) is 18.5 Å². The highest BCUT2D eigenvalue weighted by Crippen LogP contribution is 2.22. The second-order valence-electron chi connectivity index (χ2n) is 6.21. The van der Waals surface area contributed by atoms with Gasteiger partial charge in [-0.1, -0.05) is 13.0 Å². The van der Waals surface area contributed by atoms with Crippen molar-refractivity contribution in [1.82, 2.24) is 14.9 Å². The Labute approximate surface area is 127 Å². The van der Waals surface area contributed by atoms with Gasteiger partial charge in [-0.15, -0.1) is 6.58 Å². The van der Waals surface area contributed by atoms with Crippen LogP contribution in [0.1, 0.15) is 65.2 Å². The van der Waals surface area contributed by atoms with Gasteiger partial charge in [0, 0.05) is 6.04 Å². The predicted octanol–water partition coefficient (Wildman–Crippen LogP) is 4.00. The van der Waals surface area contributed by atoms with E-state index in [9.17, 15) is 4.79 Å². The zero-order chi connectivity index (χ0) is 16.0. The van der Waals surface area contributed by atoms with Crippen molar-refractivity contribution in [1.29, 1.82) is 0 Å². The zero-order valence-corrected chi connectivity index (χ0v) is 13.7. The molecule has 5 heteroatoms. The first kappa shape index (κ1) is 17.3. The SMILES string of the molecule is C=CCC(C)n1cncc1[C@@H](CC)NC(=O)OC(C)(C)C. The van der Waals surface area contributed by atoms with E-state index in [0.29, 0.717) is 0 Å². The van der Waals surface area contributed by atoms with Crippen LogP contribution in [0, 0.1) is 0 Å². The number of imidazole rings is 1. The third-order valence-corrected chi connectivity index (χ3v) is 3.13. The molecule has 0 aliphatic carbocycles. The number of ether oxygens (including phenoxy) is 1. The van der Waals surface area contributed by atoms with Crippen LogP contribution in [-0.2, 0) is 4.74 Å². The van der Waals surface area contributed by atoms with Crippen LogP contribution in [0.5, 0.6) is 0 Å². The molecule has 0 aliphatic heterocycles. The third-order valence-electron chi connectivity index (χ3n) is 3.13. The van der Waals surface area contributed by atoms with Crippen molar-refractivity contribution in [2.24, 2.45) is 0 Å². The molecule has 0 saturated heterocycles. The molecule has 0 saturated carbocycles. The highest BCUT2D eigenvalue weighted by Gasteiger charge is 2.22. The maximum Gasteiger partial charge on any atom is 0.408 e. The molecule has 1 unspecified atom stereocenters. The van der Waals surface area contributed by atoms with Gasteiger partial charge in [0.05, 0.1) is 24.3 Å². The molecule has 1 amide bonds. The van der Waals surface area contributed by atoms with Crippen LogP contribution in [0.25, 0.3) is 0 Å². The van der Waals surface area contributed by atoms with Crippen molar-refractivity contribution < 1.29 is 9.53 Å². The van der Waals surface area contributed by atoms with Crippen LogP contribution in [0.15, 0.2) is 25.2 Å². The largest absolute Gasteiger partial charge is 0.444 e. The van der Waals surface area contributed by atoms with E-state index in [1.165, 1.54) is 0 Å². The molecular weight excluding hydrogens is 266 g/mol. The minimum atomic E-state index is -0.501. The molecule has 1 heterocycles. The van der Waals surface area contributed by atoms with Crippen molar-refractivity contribution in [2.75, 3.05) is 0 Å². The normalized spacial score (nSPS) is 14.3. The van der Waals surface area contributed by atoms with E-state index in [1.807, 2.05) is 33.8 Å². The van der Waals surface area contributed by atoms with Gasteiger partial charge < -0.3 is 14.6 Å². The Morgan fingerprint density at radius 3 is 2.76 bits per heavy atom. The molecule has 0 spiro atoms. The molecule has 21 heavy (non-hydrogen) atoms. The third kappa shape index (κ3) is 5.25. The van der Waals surface area contributed by atoms with Crippen LogP contribution in [0.3, 0.4) is 0 Å². The number of alkyl carbamates (subject to hydrolysis) is 1. The van der Waals surface area contributed by atoms with E-state index in [4.69, 9.17) is 4.74 Å². The smallest absolute Gasteiger partial charge is 0.408 e. The molecule has 1 rings (SSSR count). The van der Waals surface area contributed by atoms with E-state index in [2.05, 4.69) is 28.4 Å². The fourth-order valence-corrected chi connectivity index (χ4v) is 2.14.